The van der Waals surface area contributed by atoms with Crippen molar-refractivity contribution in [1.29, 1.82) is 0 Å². The van der Waals surface area contributed by atoms with Crippen molar-refractivity contribution in [3.8, 4) is 0 Å². The second kappa shape index (κ2) is 13.1. The summed E-state index contributed by atoms with van der Waals surface area (Å²) in [5, 5.41) is 3.03. The van der Waals surface area contributed by atoms with Crippen LogP contribution in [0.25, 0.3) is 6.08 Å². The molecule has 39 heavy (non-hydrogen) atoms. The normalized spacial score (nSPS) is 12.5. The van der Waals surface area contributed by atoms with Gasteiger partial charge in [-0.1, -0.05) is 84.9 Å². The summed E-state index contributed by atoms with van der Waals surface area (Å²) in [6.07, 6.45) is 6.10. The summed E-state index contributed by atoms with van der Waals surface area (Å²) < 4.78 is 14.8. The lowest BCUT2D eigenvalue weighted by Gasteiger charge is -2.30. The SMILES string of the molecule is CC(C)(C)NC(=O)c1cccnc1C=C[C@@H](Cc1ccccc1F)N(Cc1ccccc1)Cc1ccccc1. The maximum Gasteiger partial charge on any atom is 0.253 e. The molecule has 200 valence electrons. The number of carbonyl (C=O) groups excluding carboxylic acids is 1. The average molecular weight is 522 g/mol. The highest BCUT2D eigenvalue weighted by atomic mass is 19.1. The van der Waals surface area contributed by atoms with E-state index in [2.05, 4.69) is 45.5 Å². The van der Waals surface area contributed by atoms with E-state index in [1.54, 1.807) is 24.4 Å². The molecule has 0 unspecified atom stereocenters. The zero-order valence-corrected chi connectivity index (χ0v) is 22.8. The fraction of sp³-hybridized carbons (Fsp3) is 0.235. The molecule has 0 aliphatic heterocycles. The Morgan fingerprint density at radius 1 is 0.872 bits per heavy atom. The Bertz CT molecular complexity index is 1340. The molecule has 1 N–H and O–H groups in total. The third-order valence-corrected chi connectivity index (χ3v) is 6.36. The standard InChI is InChI=1S/C34H36FN3O/c1-34(2,3)37-33(39)30-18-12-22-36-32(30)21-20-29(23-28-17-10-11-19-31(28)35)38(24-26-13-6-4-7-14-26)25-27-15-8-5-9-16-27/h4-22,29H,23-25H2,1-3H3,(H,37,39)/t29-/m0/s1. The summed E-state index contributed by atoms with van der Waals surface area (Å²) in [6.45, 7) is 7.21. The molecular formula is C34H36FN3O. The maximum absolute atomic E-state index is 14.8. The summed E-state index contributed by atoms with van der Waals surface area (Å²) >= 11 is 0. The van der Waals surface area contributed by atoms with Crippen molar-refractivity contribution in [3.63, 3.8) is 0 Å². The molecule has 3 aromatic carbocycles. The Hall–Kier alpha value is -4.09. The van der Waals surface area contributed by atoms with Gasteiger partial charge in [0.2, 0.25) is 0 Å². The molecule has 0 spiro atoms. The van der Waals surface area contributed by atoms with E-state index in [1.807, 2.05) is 75.4 Å². The molecule has 4 aromatic rings. The molecule has 0 saturated heterocycles. The number of benzene rings is 3. The predicted molar refractivity (Wildman–Crippen MR) is 157 cm³/mol. The highest BCUT2D eigenvalue weighted by Crippen LogP contribution is 2.21. The van der Waals surface area contributed by atoms with Gasteiger partial charge >= 0.3 is 0 Å². The summed E-state index contributed by atoms with van der Waals surface area (Å²) in [5.74, 6) is -0.398. The molecule has 0 aliphatic carbocycles. The molecule has 0 bridgehead atoms. The number of nitrogens with zero attached hydrogens (tertiary/aromatic N) is 2. The molecular weight excluding hydrogens is 485 g/mol. The minimum absolute atomic E-state index is 0.164. The van der Waals surface area contributed by atoms with Crippen molar-refractivity contribution in [3.05, 3.63) is 143 Å². The molecule has 5 heteroatoms. The van der Waals surface area contributed by atoms with Gasteiger partial charge in [-0.25, -0.2) is 4.39 Å². The Balaban J connectivity index is 1.72. The van der Waals surface area contributed by atoms with E-state index in [-0.39, 0.29) is 23.3 Å². The van der Waals surface area contributed by atoms with Gasteiger partial charge in [0.1, 0.15) is 5.82 Å². The molecule has 1 heterocycles. The van der Waals surface area contributed by atoms with Gasteiger partial charge in [0.05, 0.1) is 11.3 Å². The van der Waals surface area contributed by atoms with Gasteiger partial charge in [-0.15, -0.1) is 0 Å². The van der Waals surface area contributed by atoms with Crippen molar-refractivity contribution in [2.75, 3.05) is 0 Å². The van der Waals surface area contributed by atoms with E-state index in [0.717, 1.165) is 0 Å². The van der Waals surface area contributed by atoms with Crippen molar-refractivity contribution >= 4 is 12.0 Å². The lowest BCUT2D eigenvalue weighted by Crippen LogP contribution is -2.40. The highest BCUT2D eigenvalue weighted by Gasteiger charge is 2.21. The molecule has 0 aliphatic rings. The summed E-state index contributed by atoms with van der Waals surface area (Å²) in [7, 11) is 0. The van der Waals surface area contributed by atoms with Crippen LogP contribution in [0.4, 0.5) is 4.39 Å². The zero-order valence-electron chi connectivity index (χ0n) is 22.8. The van der Waals surface area contributed by atoms with E-state index < -0.39 is 0 Å². The van der Waals surface area contributed by atoms with Gasteiger partial charge in [-0.05, 0) is 68.2 Å². The van der Waals surface area contributed by atoms with Crippen LogP contribution in [0.1, 0.15) is 53.5 Å². The first-order chi connectivity index (χ1) is 18.8. The van der Waals surface area contributed by atoms with Crippen LogP contribution in [0, 0.1) is 5.82 Å². The van der Waals surface area contributed by atoms with Crippen LogP contribution in [0.2, 0.25) is 0 Å². The van der Waals surface area contributed by atoms with Crippen LogP contribution in [0.15, 0.2) is 109 Å². The van der Waals surface area contributed by atoms with E-state index in [0.29, 0.717) is 36.3 Å². The van der Waals surface area contributed by atoms with Crippen LogP contribution < -0.4 is 5.32 Å². The van der Waals surface area contributed by atoms with Crippen molar-refractivity contribution < 1.29 is 9.18 Å². The number of amides is 1. The fourth-order valence-electron chi connectivity index (χ4n) is 4.49. The van der Waals surface area contributed by atoms with Gasteiger partial charge in [-0.3, -0.25) is 14.7 Å². The molecule has 0 fully saturated rings. The third-order valence-electron chi connectivity index (χ3n) is 6.36. The first-order valence-corrected chi connectivity index (χ1v) is 13.3. The number of halogens is 1. The fourth-order valence-corrected chi connectivity index (χ4v) is 4.49. The minimum Gasteiger partial charge on any atom is -0.347 e. The average Bonchev–Trinajstić information content (AvgIpc) is 2.92. The largest absolute Gasteiger partial charge is 0.347 e. The zero-order chi connectivity index (χ0) is 27.7. The number of pyridine rings is 1. The number of aromatic nitrogens is 1. The van der Waals surface area contributed by atoms with Crippen molar-refractivity contribution in [2.45, 2.75) is 51.9 Å². The third kappa shape index (κ3) is 8.45. The number of hydrogen-bond donors (Lipinski definition) is 1. The van der Waals surface area contributed by atoms with Crippen LogP contribution in [-0.2, 0) is 19.5 Å². The molecule has 1 atom stereocenters. The highest BCUT2D eigenvalue weighted by molar-refractivity contribution is 5.97. The Kier molecular flexibility index (Phi) is 9.40. The number of hydrogen-bond acceptors (Lipinski definition) is 3. The van der Waals surface area contributed by atoms with E-state index >= 15 is 0 Å². The van der Waals surface area contributed by atoms with Gasteiger partial charge in [0.25, 0.3) is 5.91 Å². The summed E-state index contributed by atoms with van der Waals surface area (Å²) in [4.78, 5) is 19.9. The number of nitrogens with one attached hydrogen (secondary N) is 1. The summed E-state index contributed by atoms with van der Waals surface area (Å²) in [5.41, 5.74) is 3.70. The molecule has 4 rings (SSSR count). The van der Waals surface area contributed by atoms with Crippen LogP contribution in [0.5, 0.6) is 0 Å². The topological polar surface area (TPSA) is 45.2 Å². The van der Waals surface area contributed by atoms with Gasteiger partial charge in [-0.2, -0.15) is 0 Å². The Morgan fingerprint density at radius 3 is 2.05 bits per heavy atom. The van der Waals surface area contributed by atoms with Gasteiger partial charge in [0, 0.05) is 30.9 Å². The van der Waals surface area contributed by atoms with Crippen molar-refractivity contribution in [1.82, 2.24) is 15.2 Å². The smallest absolute Gasteiger partial charge is 0.253 e. The Morgan fingerprint density at radius 2 is 1.46 bits per heavy atom. The number of carbonyl (C=O) groups is 1. The van der Waals surface area contributed by atoms with Crippen LogP contribution >= 0.6 is 0 Å². The molecule has 0 radical (unpaired) electrons. The van der Waals surface area contributed by atoms with Crippen molar-refractivity contribution in [2.24, 2.45) is 0 Å². The lowest BCUT2D eigenvalue weighted by atomic mass is 10.0. The summed E-state index contributed by atoms with van der Waals surface area (Å²) in [6, 6.07) is 30.9. The molecule has 4 nitrogen and oxygen atoms in total. The first-order valence-electron chi connectivity index (χ1n) is 13.3. The van der Waals surface area contributed by atoms with Crippen LogP contribution in [0.3, 0.4) is 0 Å². The van der Waals surface area contributed by atoms with Gasteiger partial charge < -0.3 is 5.32 Å². The quantitative estimate of drug-likeness (QED) is 0.243. The lowest BCUT2D eigenvalue weighted by molar-refractivity contribution is 0.0919. The molecule has 1 amide bonds. The molecule has 0 saturated carbocycles. The number of rotatable bonds is 10. The second-order valence-electron chi connectivity index (χ2n) is 10.7. The van der Waals surface area contributed by atoms with Gasteiger partial charge in [0.15, 0.2) is 0 Å². The second-order valence-corrected chi connectivity index (χ2v) is 10.7. The maximum atomic E-state index is 14.8. The van der Waals surface area contributed by atoms with E-state index in [4.69, 9.17) is 0 Å². The Labute approximate surface area is 231 Å². The van der Waals surface area contributed by atoms with E-state index in [1.165, 1.54) is 17.2 Å². The predicted octanol–water partition coefficient (Wildman–Crippen LogP) is 7.08. The minimum atomic E-state index is -0.372. The van der Waals surface area contributed by atoms with E-state index in [9.17, 15) is 9.18 Å². The monoisotopic (exact) mass is 521 g/mol. The van der Waals surface area contributed by atoms with Crippen LogP contribution in [-0.4, -0.2) is 27.4 Å². The first kappa shape index (κ1) is 27.9. The molecule has 1 aromatic heterocycles.